The Balaban J connectivity index is 0.000000496. The second-order valence-corrected chi connectivity index (χ2v) is 6.19. The van der Waals surface area contributed by atoms with Gasteiger partial charge in [0.1, 0.15) is 5.60 Å². The number of ether oxygens (including phenoxy) is 2. The fourth-order valence-corrected chi connectivity index (χ4v) is 1.55. The summed E-state index contributed by atoms with van der Waals surface area (Å²) in [5.74, 6) is -1.16. The molecule has 0 aliphatic carbocycles. The number of nitrogens with two attached hydrogens (primary N) is 1. The number of hydrogen-bond acceptors (Lipinski definition) is 5. The van der Waals surface area contributed by atoms with Gasteiger partial charge in [0, 0.05) is 13.2 Å². The van der Waals surface area contributed by atoms with Crippen LogP contribution in [-0.4, -0.2) is 42.5 Å². The Morgan fingerprint density at radius 2 is 1.79 bits per heavy atom. The third kappa shape index (κ3) is 10.6. The highest BCUT2D eigenvalue weighted by Gasteiger charge is 2.23. The highest BCUT2D eigenvalue weighted by atomic mass is 16.6. The Hall–Kier alpha value is -2.12. The summed E-state index contributed by atoms with van der Waals surface area (Å²) in [6, 6.07) is 9.12. The Morgan fingerprint density at radius 3 is 2.12 bits per heavy atom. The van der Waals surface area contributed by atoms with Gasteiger partial charge in [-0.25, -0.2) is 9.59 Å². The normalized spacial score (nSPS) is 13.1. The highest BCUT2D eigenvalue weighted by Crippen LogP contribution is 2.07. The first-order valence-corrected chi connectivity index (χ1v) is 7.58. The molecule has 2 atom stereocenters. The highest BCUT2D eigenvalue weighted by molar-refractivity contribution is 5.80. The third-order valence-electron chi connectivity index (χ3n) is 2.65. The average Bonchev–Trinajstić information content (AvgIpc) is 2.46. The summed E-state index contributed by atoms with van der Waals surface area (Å²) in [6.07, 6.45) is -0.771. The molecule has 0 bridgehead atoms. The summed E-state index contributed by atoms with van der Waals surface area (Å²) in [6.45, 7) is 6.96. The zero-order valence-electron chi connectivity index (χ0n) is 14.9. The van der Waals surface area contributed by atoms with E-state index in [1.165, 1.54) is 12.7 Å². The minimum Gasteiger partial charge on any atom is -0.480 e. The second kappa shape index (κ2) is 10.6. The van der Waals surface area contributed by atoms with Crippen LogP contribution in [0.3, 0.4) is 0 Å². The minimum absolute atomic E-state index is 0.103. The molecule has 7 heteroatoms. The molecule has 0 aliphatic rings. The lowest BCUT2D eigenvalue weighted by Crippen LogP contribution is -2.45. The Kier molecular flexibility index (Phi) is 9.68. The number of hydrogen-bond donors (Lipinski definition) is 3. The van der Waals surface area contributed by atoms with Gasteiger partial charge in [0.25, 0.3) is 0 Å². The van der Waals surface area contributed by atoms with Crippen LogP contribution in [-0.2, 0) is 14.3 Å². The van der Waals surface area contributed by atoms with E-state index in [1.807, 2.05) is 37.3 Å². The predicted molar refractivity (Wildman–Crippen MR) is 91.7 cm³/mol. The van der Waals surface area contributed by atoms with Crippen LogP contribution in [0.5, 0.6) is 0 Å². The van der Waals surface area contributed by atoms with E-state index >= 15 is 0 Å². The second-order valence-electron chi connectivity index (χ2n) is 6.19. The average molecular weight is 340 g/mol. The van der Waals surface area contributed by atoms with Crippen LogP contribution in [0, 0.1) is 0 Å². The lowest BCUT2D eigenvalue weighted by atomic mass is 10.1. The number of carboxylic acids is 1. The quantitative estimate of drug-likeness (QED) is 0.758. The van der Waals surface area contributed by atoms with Gasteiger partial charge in [-0.3, -0.25) is 0 Å². The molecule has 0 unspecified atom stereocenters. The molecule has 24 heavy (non-hydrogen) atoms. The maximum atomic E-state index is 11.2. The van der Waals surface area contributed by atoms with Crippen molar-refractivity contribution in [3.8, 4) is 0 Å². The standard InChI is InChI=1S/C9H17NO5.C8H11N/c1-9(2,3)15-8(13)10-6(5-14-4)7(11)12;1-7(9)8-5-3-2-4-6-8/h6H,5H2,1-4H3,(H,10,13)(H,11,12);2-7H,9H2,1H3/t6-;7-/m00/s1. The lowest BCUT2D eigenvalue weighted by molar-refractivity contribution is -0.140. The summed E-state index contributed by atoms with van der Waals surface area (Å²) in [5.41, 5.74) is 6.15. The molecule has 0 aliphatic heterocycles. The van der Waals surface area contributed by atoms with Gasteiger partial charge in [-0.2, -0.15) is 0 Å². The largest absolute Gasteiger partial charge is 0.480 e. The zero-order valence-corrected chi connectivity index (χ0v) is 14.9. The minimum atomic E-state index is -1.16. The van der Waals surface area contributed by atoms with Gasteiger partial charge in [0.15, 0.2) is 6.04 Å². The SMILES string of the molecule is COC[C@H](NC(=O)OC(C)(C)C)C(=O)O.C[C@H](N)c1ccccc1. The molecule has 0 saturated heterocycles. The molecule has 7 nitrogen and oxygen atoms in total. The summed E-state index contributed by atoms with van der Waals surface area (Å²) >= 11 is 0. The first kappa shape index (κ1) is 21.9. The Morgan fingerprint density at radius 1 is 1.25 bits per heavy atom. The van der Waals surface area contributed by atoms with Gasteiger partial charge >= 0.3 is 12.1 Å². The van der Waals surface area contributed by atoms with E-state index in [0.717, 1.165) is 0 Å². The van der Waals surface area contributed by atoms with Crippen LogP contribution >= 0.6 is 0 Å². The van der Waals surface area contributed by atoms with Gasteiger partial charge in [-0.1, -0.05) is 30.3 Å². The number of benzene rings is 1. The molecular formula is C17H28N2O5. The number of amides is 1. The number of carboxylic acid groups (broad SMARTS) is 1. The van der Waals surface area contributed by atoms with Gasteiger partial charge in [-0.15, -0.1) is 0 Å². The number of rotatable bonds is 5. The number of methoxy groups -OCH3 is 1. The summed E-state index contributed by atoms with van der Waals surface area (Å²) in [5, 5.41) is 10.9. The van der Waals surface area contributed by atoms with E-state index in [4.69, 9.17) is 15.6 Å². The summed E-state index contributed by atoms with van der Waals surface area (Å²) < 4.78 is 9.54. The fraction of sp³-hybridized carbons (Fsp3) is 0.529. The van der Waals surface area contributed by atoms with Gasteiger partial charge in [0.05, 0.1) is 6.61 Å². The molecule has 1 aromatic carbocycles. The number of nitrogens with one attached hydrogen (secondary N) is 1. The van der Waals surface area contributed by atoms with Crippen molar-refractivity contribution in [3.63, 3.8) is 0 Å². The molecule has 0 saturated carbocycles. The molecule has 0 spiro atoms. The van der Waals surface area contributed by atoms with E-state index < -0.39 is 23.7 Å². The molecule has 1 amide bonds. The van der Waals surface area contributed by atoms with Crippen LogP contribution < -0.4 is 11.1 Å². The zero-order chi connectivity index (χ0) is 18.8. The van der Waals surface area contributed by atoms with Gasteiger partial charge < -0.3 is 25.6 Å². The first-order valence-electron chi connectivity index (χ1n) is 7.58. The molecule has 0 aromatic heterocycles. The smallest absolute Gasteiger partial charge is 0.408 e. The number of carbonyl (C=O) groups is 2. The van der Waals surface area contributed by atoms with Crippen molar-refractivity contribution in [2.45, 2.75) is 45.4 Å². The number of alkyl carbamates (subject to hydrolysis) is 1. The Bertz CT molecular complexity index is 497. The lowest BCUT2D eigenvalue weighted by Gasteiger charge is -2.21. The summed E-state index contributed by atoms with van der Waals surface area (Å²) in [7, 11) is 1.35. The summed E-state index contributed by atoms with van der Waals surface area (Å²) in [4.78, 5) is 21.8. The predicted octanol–water partition coefficient (Wildman–Crippen LogP) is 2.32. The van der Waals surface area contributed by atoms with Crippen LogP contribution in [0.15, 0.2) is 30.3 Å². The monoisotopic (exact) mass is 340 g/mol. The van der Waals surface area contributed by atoms with Crippen LogP contribution in [0.1, 0.15) is 39.3 Å². The van der Waals surface area contributed by atoms with Crippen molar-refractivity contribution in [2.75, 3.05) is 13.7 Å². The molecule has 1 rings (SSSR count). The van der Waals surface area contributed by atoms with Gasteiger partial charge in [0.2, 0.25) is 0 Å². The van der Waals surface area contributed by atoms with Crippen LogP contribution in [0.2, 0.25) is 0 Å². The number of carbonyl (C=O) groups excluding carboxylic acids is 1. The van der Waals surface area contributed by atoms with E-state index in [9.17, 15) is 9.59 Å². The topological polar surface area (TPSA) is 111 Å². The maximum Gasteiger partial charge on any atom is 0.408 e. The van der Waals surface area contributed by atoms with E-state index in [-0.39, 0.29) is 12.6 Å². The van der Waals surface area contributed by atoms with Crippen LogP contribution in [0.4, 0.5) is 4.79 Å². The molecule has 4 N–H and O–H groups in total. The van der Waals surface area contributed by atoms with Crippen molar-refractivity contribution in [3.05, 3.63) is 35.9 Å². The molecule has 0 radical (unpaired) electrons. The molecule has 0 heterocycles. The molecule has 1 aromatic rings. The third-order valence-corrected chi connectivity index (χ3v) is 2.65. The van der Waals surface area contributed by atoms with E-state index in [2.05, 4.69) is 10.1 Å². The fourth-order valence-electron chi connectivity index (χ4n) is 1.55. The van der Waals surface area contributed by atoms with Crippen molar-refractivity contribution < 1.29 is 24.2 Å². The van der Waals surface area contributed by atoms with Crippen molar-refractivity contribution in [1.82, 2.24) is 5.32 Å². The maximum absolute atomic E-state index is 11.2. The Labute approximate surface area is 143 Å². The first-order chi connectivity index (χ1) is 11.1. The van der Waals surface area contributed by atoms with Crippen molar-refractivity contribution in [1.29, 1.82) is 0 Å². The molecular weight excluding hydrogens is 312 g/mol. The van der Waals surface area contributed by atoms with Gasteiger partial charge in [-0.05, 0) is 33.3 Å². The van der Waals surface area contributed by atoms with Crippen molar-refractivity contribution in [2.24, 2.45) is 5.73 Å². The van der Waals surface area contributed by atoms with Crippen LogP contribution in [0.25, 0.3) is 0 Å². The molecule has 136 valence electrons. The molecule has 0 fully saturated rings. The van der Waals surface area contributed by atoms with E-state index in [0.29, 0.717) is 0 Å². The number of aliphatic carboxylic acids is 1. The van der Waals surface area contributed by atoms with E-state index in [1.54, 1.807) is 20.8 Å². The van der Waals surface area contributed by atoms with Crippen molar-refractivity contribution >= 4 is 12.1 Å².